The average Bonchev–Trinajstić information content (AvgIpc) is 3.33. The number of thiol groups is 1. The Morgan fingerprint density at radius 1 is 1.03 bits per heavy atom. The third-order valence-corrected chi connectivity index (χ3v) is 12.4. The van der Waals surface area contributed by atoms with Crippen LogP contribution in [0.5, 0.6) is 0 Å². The van der Waals surface area contributed by atoms with Gasteiger partial charge in [-0.15, -0.1) is 25.0 Å². The van der Waals surface area contributed by atoms with Crippen LogP contribution in [-0.4, -0.2) is 106 Å². The smallest absolute Gasteiger partial charge is 0.378 e. The van der Waals surface area contributed by atoms with Gasteiger partial charge in [0.2, 0.25) is 23.6 Å². The summed E-state index contributed by atoms with van der Waals surface area (Å²) in [4.78, 5) is 58.6. The van der Waals surface area contributed by atoms with Crippen molar-refractivity contribution in [3.05, 3.63) is 59.2 Å². The second-order valence-corrected chi connectivity index (χ2v) is 16.8. The maximum absolute atomic E-state index is 13.7. The van der Waals surface area contributed by atoms with Gasteiger partial charge in [-0.25, -0.2) is 0 Å². The van der Waals surface area contributed by atoms with Crippen LogP contribution in [0, 0.1) is 11.3 Å². The number of alkyl halides is 3. The molecule has 4 aliphatic rings. The van der Waals surface area contributed by atoms with Crippen molar-refractivity contribution in [2.45, 2.75) is 120 Å². The molecule has 0 aromatic heterocycles. The van der Waals surface area contributed by atoms with Crippen molar-refractivity contribution in [1.82, 2.24) is 20.0 Å². The molecule has 2 N–H and O–H groups in total. The van der Waals surface area contributed by atoms with Gasteiger partial charge in [-0.1, -0.05) is 12.1 Å². The molecule has 0 radical (unpaired) electrons. The molecule has 4 fully saturated rings. The predicted octanol–water partition coefficient (Wildman–Crippen LogP) is 5.91. The Hall–Kier alpha value is -3.72. The maximum atomic E-state index is 13.7. The molecule has 4 amide bonds. The van der Waals surface area contributed by atoms with Gasteiger partial charge in [-0.3, -0.25) is 39.2 Å². The number of anilines is 2. The van der Waals surface area contributed by atoms with E-state index in [1.807, 2.05) is 11.0 Å². The number of hydrogen-bond donors (Lipinski definition) is 3. The van der Waals surface area contributed by atoms with Gasteiger partial charge in [-0.05, 0) is 102 Å². The fraction of sp³-hybridized carbons (Fsp3) is 0.585. The lowest BCUT2D eigenvalue weighted by Crippen LogP contribution is -2.58. The molecule has 17 heteroatoms. The summed E-state index contributed by atoms with van der Waals surface area (Å²) < 4.78 is 47.5. The number of rotatable bonds is 11. The molecule has 3 heterocycles. The molecule has 2 unspecified atom stereocenters. The zero-order chi connectivity index (χ0) is 41.2. The van der Waals surface area contributed by atoms with E-state index in [2.05, 4.69) is 34.3 Å². The standard InChI is InChI=1S/C41H52F3N7O5S.ClH/c1-25-22-48(23-26(2)49(25)24-36(53)46-29-8-5-7-27(19-29)33-15-16-35(52)47-37(33)54)17-6-18-56-32-13-11-30(12-14-32)51-39(57)50(38(55)40(51,3)4)31-10-9-28(21-45)34(20-31)41(42,43)44;/h5,7-10,19-20,25-26,30,32-33,39,57H,6,11-18,22-24H2,1-4H3,(H,46,53)(H,47,52,54);1H/t25-,26+,30?,32?,33?,39?;. The zero-order valence-electron chi connectivity index (χ0n) is 33.3. The number of nitrogens with one attached hydrogen (secondary N) is 2. The number of carbonyl (C=O) groups excluding carboxylic acids is 4. The van der Waals surface area contributed by atoms with Gasteiger partial charge < -0.3 is 15.0 Å². The first-order chi connectivity index (χ1) is 27.0. The van der Waals surface area contributed by atoms with Crippen LogP contribution in [0.2, 0.25) is 0 Å². The number of benzene rings is 2. The van der Waals surface area contributed by atoms with Crippen molar-refractivity contribution in [3.8, 4) is 6.07 Å². The topological polar surface area (TPSA) is 138 Å². The van der Waals surface area contributed by atoms with Crippen LogP contribution in [-0.2, 0) is 30.1 Å². The molecule has 58 heavy (non-hydrogen) atoms. The van der Waals surface area contributed by atoms with Gasteiger partial charge in [0.25, 0.3) is 0 Å². The molecule has 0 bridgehead atoms. The lowest BCUT2D eigenvalue weighted by atomic mass is 9.89. The minimum Gasteiger partial charge on any atom is -0.378 e. The first-order valence-corrected chi connectivity index (χ1v) is 20.2. The third kappa shape index (κ3) is 10.00. The minimum atomic E-state index is -4.74. The summed E-state index contributed by atoms with van der Waals surface area (Å²) >= 11 is 4.76. The van der Waals surface area contributed by atoms with E-state index in [0.29, 0.717) is 18.7 Å². The molecule has 3 saturated heterocycles. The Morgan fingerprint density at radius 2 is 1.72 bits per heavy atom. The van der Waals surface area contributed by atoms with Gasteiger partial charge in [0.1, 0.15) is 5.50 Å². The number of nitriles is 1. The van der Waals surface area contributed by atoms with E-state index in [9.17, 15) is 37.6 Å². The molecule has 12 nitrogen and oxygen atoms in total. The highest BCUT2D eigenvalue weighted by Crippen LogP contribution is 2.43. The summed E-state index contributed by atoms with van der Waals surface area (Å²) in [5, 5.41) is 14.6. The number of carbonyl (C=O) groups is 4. The number of halogens is 4. The molecule has 316 valence electrons. The van der Waals surface area contributed by atoms with E-state index >= 15 is 0 Å². The summed E-state index contributed by atoms with van der Waals surface area (Å²) in [6, 6.07) is 12.5. The predicted molar refractivity (Wildman–Crippen MR) is 218 cm³/mol. The molecular weight excluding hydrogens is 795 g/mol. The summed E-state index contributed by atoms with van der Waals surface area (Å²) in [7, 11) is 0. The molecule has 3 aliphatic heterocycles. The van der Waals surface area contributed by atoms with Crippen LogP contribution in [0.1, 0.15) is 95.2 Å². The van der Waals surface area contributed by atoms with Crippen molar-refractivity contribution >= 4 is 60.0 Å². The number of piperazine rings is 1. The monoisotopic (exact) mass is 847 g/mol. The van der Waals surface area contributed by atoms with E-state index in [1.54, 1.807) is 38.1 Å². The van der Waals surface area contributed by atoms with Gasteiger partial charge in [0.15, 0.2) is 0 Å². The highest BCUT2D eigenvalue weighted by Gasteiger charge is 2.54. The number of amides is 4. The highest BCUT2D eigenvalue weighted by atomic mass is 35.5. The van der Waals surface area contributed by atoms with Crippen LogP contribution in [0.15, 0.2) is 42.5 Å². The van der Waals surface area contributed by atoms with Gasteiger partial charge >= 0.3 is 6.18 Å². The zero-order valence-corrected chi connectivity index (χ0v) is 35.0. The van der Waals surface area contributed by atoms with Gasteiger partial charge in [0.05, 0.1) is 41.3 Å². The molecule has 0 spiro atoms. The van der Waals surface area contributed by atoms with E-state index < -0.39 is 34.3 Å². The molecule has 2 aromatic carbocycles. The van der Waals surface area contributed by atoms with Gasteiger partial charge in [-0.2, -0.15) is 18.4 Å². The van der Waals surface area contributed by atoms with E-state index in [-0.39, 0.29) is 78.9 Å². The van der Waals surface area contributed by atoms with Crippen LogP contribution < -0.4 is 15.5 Å². The number of piperidine rings is 1. The summed E-state index contributed by atoms with van der Waals surface area (Å²) in [5.41, 5.74) is -1.90. The van der Waals surface area contributed by atoms with Crippen molar-refractivity contribution in [2.24, 2.45) is 0 Å². The Morgan fingerprint density at radius 3 is 2.36 bits per heavy atom. The van der Waals surface area contributed by atoms with Crippen LogP contribution in [0.25, 0.3) is 0 Å². The molecular formula is C41H53ClF3N7O5S. The lowest BCUT2D eigenvalue weighted by Gasteiger charge is -2.44. The molecule has 6 rings (SSSR count). The lowest BCUT2D eigenvalue weighted by molar-refractivity contribution is -0.138. The summed E-state index contributed by atoms with van der Waals surface area (Å²) in [6.45, 7) is 11.2. The van der Waals surface area contributed by atoms with Crippen molar-refractivity contribution < 1.29 is 37.1 Å². The van der Waals surface area contributed by atoms with Crippen LogP contribution >= 0.6 is 25.0 Å². The number of ether oxygens (including phenoxy) is 1. The Kier molecular flexibility index (Phi) is 14.6. The van der Waals surface area contributed by atoms with E-state index in [4.69, 9.17) is 17.4 Å². The molecule has 2 aromatic rings. The Bertz CT molecular complexity index is 1880. The van der Waals surface area contributed by atoms with E-state index in [0.717, 1.165) is 69.4 Å². The largest absolute Gasteiger partial charge is 0.417 e. The van der Waals surface area contributed by atoms with Crippen molar-refractivity contribution in [2.75, 3.05) is 43.0 Å². The summed E-state index contributed by atoms with van der Waals surface area (Å²) in [5.74, 6) is -1.47. The quantitative estimate of drug-likeness (QED) is 0.143. The van der Waals surface area contributed by atoms with Crippen molar-refractivity contribution in [3.63, 3.8) is 0 Å². The number of imide groups is 1. The van der Waals surface area contributed by atoms with Gasteiger partial charge in [0, 0.05) is 62.2 Å². The fourth-order valence-electron chi connectivity index (χ4n) is 9.03. The molecule has 4 atom stereocenters. The second kappa shape index (κ2) is 18.7. The van der Waals surface area contributed by atoms with E-state index in [1.165, 1.54) is 11.0 Å². The van der Waals surface area contributed by atoms with Crippen molar-refractivity contribution in [1.29, 1.82) is 5.26 Å². The Labute approximate surface area is 349 Å². The first kappa shape index (κ1) is 45.4. The minimum absolute atomic E-state index is 0. The average molecular weight is 848 g/mol. The van der Waals surface area contributed by atoms with Crippen LogP contribution in [0.4, 0.5) is 24.5 Å². The molecule has 1 aliphatic carbocycles. The Balaban J connectivity index is 0.00000641. The highest BCUT2D eigenvalue weighted by molar-refractivity contribution is 7.81. The first-order valence-electron chi connectivity index (χ1n) is 19.7. The fourth-order valence-corrected chi connectivity index (χ4v) is 9.75. The third-order valence-electron chi connectivity index (χ3n) is 11.9. The molecule has 1 saturated carbocycles. The van der Waals surface area contributed by atoms with Crippen LogP contribution in [0.3, 0.4) is 0 Å². The number of hydrogen-bond acceptors (Lipinski definition) is 10. The summed E-state index contributed by atoms with van der Waals surface area (Å²) in [6.07, 6.45) is 0.00449. The maximum Gasteiger partial charge on any atom is 0.417 e. The normalized spacial score (nSPS) is 27.2. The number of nitrogens with zero attached hydrogens (tertiary/aromatic N) is 5. The second-order valence-electron chi connectivity index (χ2n) is 16.3. The SMILES string of the molecule is C[C@@H]1CN(CCCOC2CCC(N3C(S)N(c4ccc(C#N)c(C(F)(F)F)c4)C(=O)C3(C)C)CC2)C[C@H](C)N1CC(=O)Nc1cccc(C2CCC(=O)NC2=O)c1.Cl.